The minimum Gasteiger partial charge on any atom is -0.377 e. The molecule has 1 N–H and O–H groups in total. The Hall–Kier alpha value is -0.570. The number of hydrogen-bond acceptors (Lipinski definition) is 2. The van der Waals surface area contributed by atoms with E-state index in [-0.39, 0.29) is 17.9 Å². The smallest absolute Gasteiger partial charge is 0.223 e. The Kier molecular flexibility index (Phi) is 4.94. The summed E-state index contributed by atoms with van der Waals surface area (Å²) in [6.45, 7) is 5.56. The minimum atomic E-state index is 0.155. The molecule has 0 bridgehead atoms. The Morgan fingerprint density at radius 1 is 1.50 bits per heavy atom. The highest BCUT2D eigenvalue weighted by Gasteiger charge is 2.22. The zero-order chi connectivity index (χ0) is 10.4. The lowest BCUT2D eigenvalue weighted by Crippen LogP contribution is -2.50. The number of unbranched alkanes of at least 4 members (excludes halogenated alkanes) is 2. The van der Waals surface area contributed by atoms with Crippen molar-refractivity contribution < 1.29 is 9.53 Å². The number of ether oxygens (including phenoxy) is 1. The van der Waals surface area contributed by atoms with Crippen LogP contribution >= 0.6 is 0 Å². The standard InChI is InChI=1S/C11H21NO2/c1-3-4-5-6-9(2)11(13)12-10-7-14-8-10/h9-10H,3-8H2,1-2H3,(H,12,13). The van der Waals surface area contributed by atoms with E-state index in [2.05, 4.69) is 12.2 Å². The van der Waals surface area contributed by atoms with Gasteiger partial charge in [-0.05, 0) is 6.42 Å². The molecule has 1 heterocycles. The fourth-order valence-corrected chi connectivity index (χ4v) is 1.49. The number of rotatable bonds is 6. The Morgan fingerprint density at radius 3 is 2.71 bits per heavy atom. The lowest BCUT2D eigenvalue weighted by Gasteiger charge is -2.28. The molecule has 1 atom stereocenters. The van der Waals surface area contributed by atoms with Crippen molar-refractivity contribution in [3.63, 3.8) is 0 Å². The summed E-state index contributed by atoms with van der Waals surface area (Å²) in [7, 11) is 0. The Balaban J connectivity index is 2.08. The molecule has 0 saturated carbocycles. The van der Waals surface area contributed by atoms with Crippen LogP contribution in [0.1, 0.15) is 39.5 Å². The topological polar surface area (TPSA) is 38.3 Å². The molecule has 1 aliphatic rings. The third-order valence-electron chi connectivity index (χ3n) is 2.67. The zero-order valence-electron chi connectivity index (χ0n) is 9.21. The molecule has 1 aliphatic heterocycles. The molecule has 1 saturated heterocycles. The molecule has 14 heavy (non-hydrogen) atoms. The summed E-state index contributed by atoms with van der Waals surface area (Å²) in [5.74, 6) is 0.344. The predicted molar refractivity (Wildman–Crippen MR) is 56.1 cm³/mol. The van der Waals surface area contributed by atoms with E-state index in [1.54, 1.807) is 0 Å². The van der Waals surface area contributed by atoms with E-state index >= 15 is 0 Å². The first kappa shape index (κ1) is 11.5. The van der Waals surface area contributed by atoms with Crippen molar-refractivity contribution in [2.24, 2.45) is 5.92 Å². The molecule has 0 aromatic rings. The highest BCUT2D eigenvalue weighted by Crippen LogP contribution is 2.10. The van der Waals surface area contributed by atoms with Gasteiger partial charge in [0.1, 0.15) is 0 Å². The van der Waals surface area contributed by atoms with Crippen molar-refractivity contribution in [1.82, 2.24) is 5.32 Å². The van der Waals surface area contributed by atoms with Gasteiger partial charge in [0.15, 0.2) is 0 Å². The summed E-state index contributed by atoms with van der Waals surface area (Å²) in [6, 6.07) is 0.274. The van der Waals surface area contributed by atoms with E-state index in [0.717, 1.165) is 12.8 Å². The van der Waals surface area contributed by atoms with Gasteiger partial charge in [-0.2, -0.15) is 0 Å². The monoisotopic (exact) mass is 199 g/mol. The SMILES string of the molecule is CCCCCC(C)C(=O)NC1COC1. The fourth-order valence-electron chi connectivity index (χ4n) is 1.49. The van der Waals surface area contributed by atoms with Crippen LogP contribution in [0.15, 0.2) is 0 Å². The van der Waals surface area contributed by atoms with E-state index in [4.69, 9.17) is 4.74 Å². The quantitative estimate of drug-likeness (QED) is 0.661. The van der Waals surface area contributed by atoms with Crippen molar-refractivity contribution >= 4 is 5.91 Å². The first-order valence-corrected chi connectivity index (χ1v) is 5.62. The number of carbonyl (C=O) groups excluding carboxylic acids is 1. The van der Waals surface area contributed by atoms with Gasteiger partial charge in [0.05, 0.1) is 19.3 Å². The Bertz CT molecular complexity index is 178. The van der Waals surface area contributed by atoms with Crippen LogP contribution in [0.25, 0.3) is 0 Å². The summed E-state index contributed by atoms with van der Waals surface area (Å²) < 4.78 is 5.00. The van der Waals surface area contributed by atoms with E-state index < -0.39 is 0 Å². The molecule has 1 amide bonds. The van der Waals surface area contributed by atoms with E-state index in [0.29, 0.717) is 13.2 Å². The van der Waals surface area contributed by atoms with Gasteiger partial charge in [0, 0.05) is 5.92 Å². The van der Waals surface area contributed by atoms with Gasteiger partial charge in [-0.15, -0.1) is 0 Å². The fraction of sp³-hybridized carbons (Fsp3) is 0.909. The zero-order valence-corrected chi connectivity index (χ0v) is 9.21. The number of carbonyl (C=O) groups is 1. The van der Waals surface area contributed by atoms with Crippen molar-refractivity contribution in [2.75, 3.05) is 13.2 Å². The molecule has 82 valence electrons. The summed E-state index contributed by atoms with van der Waals surface area (Å²) in [5, 5.41) is 2.98. The van der Waals surface area contributed by atoms with Crippen molar-refractivity contribution in [3.05, 3.63) is 0 Å². The van der Waals surface area contributed by atoms with Gasteiger partial charge in [-0.3, -0.25) is 4.79 Å². The van der Waals surface area contributed by atoms with Crippen LogP contribution in [0.4, 0.5) is 0 Å². The van der Waals surface area contributed by atoms with Crippen molar-refractivity contribution in [3.8, 4) is 0 Å². The second kappa shape index (κ2) is 6.02. The van der Waals surface area contributed by atoms with Crippen LogP contribution < -0.4 is 5.32 Å². The molecule has 0 spiro atoms. The van der Waals surface area contributed by atoms with Gasteiger partial charge < -0.3 is 10.1 Å². The second-order valence-electron chi connectivity index (χ2n) is 4.14. The molecule has 3 nitrogen and oxygen atoms in total. The van der Waals surface area contributed by atoms with Crippen LogP contribution in [-0.4, -0.2) is 25.2 Å². The van der Waals surface area contributed by atoms with E-state index in [9.17, 15) is 4.79 Å². The van der Waals surface area contributed by atoms with Crippen LogP contribution in [0, 0.1) is 5.92 Å². The number of hydrogen-bond donors (Lipinski definition) is 1. The first-order valence-electron chi connectivity index (χ1n) is 5.62. The lowest BCUT2D eigenvalue weighted by atomic mass is 10.0. The molecule has 3 heteroatoms. The Labute approximate surface area is 86.2 Å². The third-order valence-corrected chi connectivity index (χ3v) is 2.67. The maximum atomic E-state index is 11.6. The van der Waals surface area contributed by atoms with Crippen molar-refractivity contribution in [2.45, 2.75) is 45.6 Å². The predicted octanol–water partition coefficient (Wildman–Crippen LogP) is 1.72. The Morgan fingerprint density at radius 2 is 2.21 bits per heavy atom. The highest BCUT2D eigenvalue weighted by molar-refractivity contribution is 5.78. The first-order chi connectivity index (χ1) is 6.74. The summed E-state index contributed by atoms with van der Waals surface area (Å²) in [5.41, 5.74) is 0. The highest BCUT2D eigenvalue weighted by atomic mass is 16.5. The molecule has 1 unspecified atom stereocenters. The summed E-state index contributed by atoms with van der Waals surface area (Å²) >= 11 is 0. The van der Waals surface area contributed by atoms with Gasteiger partial charge in [-0.25, -0.2) is 0 Å². The van der Waals surface area contributed by atoms with Crippen LogP contribution in [-0.2, 0) is 9.53 Å². The van der Waals surface area contributed by atoms with Gasteiger partial charge in [0.25, 0.3) is 0 Å². The molecular formula is C11H21NO2. The molecular weight excluding hydrogens is 178 g/mol. The summed E-state index contributed by atoms with van der Waals surface area (Å²) in [6.07, 6.45) is 4.61. The number of nitrogens with one attached hydrogen (secondary N) is 1. The van der Waals surface area contributed by atoms with Gasteiger partial charge in [-0.1, -0.05) is 33.1 Å². The van der Waals surface area contributed by atoms with Crippen LogP contribution in [0.5, 0.6) is 0 Å². The number of amides is 1. The van der Waals surface area contributed by atoms with E-state index in [1.807, 2.05) is 6.92 Å². The van der Waals surface area contributed by atoms with Gasteiger partial charge in [0.2, 0.25) is 5.91 Å². The normalized spacial score (nSPS) is 18.7. The summed E-state index contributed by atoms with van der Waals surface area (Å²) in [4.78, 5) is 11.6. The minimum absolute atomic E-state index is 0.155. The maximum absolute atomic E-state index is 11.6. The maximum Gasteiger partial charge on any atom is 0.223 e. The van der Waals surface area contributed by atoms with Crippen LogP contribution in [0.2, 0.25) is 0 Å². The average molecular weight is 199 g/mol. The molecule has 0 aliphatic carbocycles. The largest absolute Gasteiger partial charge is 0.377 e. The molecule has 1 fully saturated rings. The lowest BCUT2D eigenvalue weighted by molar-refractivity contribution is -0.128. The molecule has 0 aromatic heterocycles. The molecule has 1 rings (SSSR count). The average Bonchev–Trinajstić information content (AvgIpc) is 2.11. The second-order valence-corrected chi connectivity index (χ2v) is 4.14. The van der Waals surface area contributed by atoms with Gasteiger partial charge >= 0.3 is 0 Å². The third kappa shape index (κ3) is 3.66. The van der Waals surface area contributed by atoms with Crippen LogP contribution in [0.3, 0.4) is 0 Å². The molecule has 0 radical (unpaired) electrons. The van der Waals surface area contributed by atoms with Crippen molar-refractivity contribution in [1.29, 1.82) is 0 Å². The van der Waals surface area contributed by atoms with E-state index in [1.165, 1.54) is 12.8 Å². The molecule has 0 aromatic carbocycles.